The monoisotopic (exact) mass is 313 g/mol. The van der Waals surface area contributed by atoms with Gasteiger partial charge in [0.1, 0.15) is 5.75 Å². The first-order chi connectivity index (χ1) is 9.70. The van der Waals surface area contributed by atoms with E-state index in [-0.39, 0.29) is 0 Å². The Balaban J connectivity index is 2.51. The van der Waals surface area contributed by atoms with Gasteiger partial charge in [0.25, 0.3) is 0 Å². The molecule has 0 radical (unpaired) electrons. The lowest BCUT2D eigenvalue weighted by Gasteiger charge is -2.41. The van der Waals surface area contributed by atoms with E-state index < -0.39 is 15.6 Å². The Morgan fingerprint density at radius 3 is 2.48 bits per heavy atom. The van der Waals surface area contributed by atoms with Gasteiger partial charge in [0.15, 0.2) is 0 Å². The molecule has 0 bridgehead atoms. The van der Waals surface area contributed by atoms with Gasteiger partial charge >= 0.3 is 0 Å². The second-order valence-electron chi connectivity index (χ2n) is 6.03. The molecule has 6 heteroatoms. The standard InChI is InChI=1S/C15H23NO4S/c1-11-9-14(12(2)8-13(11)19-5)21(17,18)16-6-7-20-10-15(16,3)4/h8-9H,6-7,10H2,1-5H3. The molecule has 0 amide bonds. The fraction of sp³-hybridized carbons (Fsp3) is 0.600. The molecule has 0 aliphatic carbocycles. The number of aryl methyl sites for hydroxylation is 2. The van der Waals surface area contributed by atoms with Crippen molar-refractivity contribution in [2.24, 2.45) is 0 Å². The second kappa shape index (κ2) is 5.59. The molecule has 21 heavy (non-hydrogen) atoms. The topological polar surface area (TPSA) is 55.8 Å². The van der Waals surface area contributed by atoms with Crippen molar-refractivity contribution in [2.75, 3.05) is 26.9 Å². The van der Waals surface area contributed by atoms with Gasteiger partial charge in [-0.2, -0.15) is 4.31 Å². The van der Waals surface area contributed by atoms with Crippen LogP contribution >= 0.6 is 0 Å². The summed E-state index contributed by atoms with van der Waals surface area (Å²) in [5.74, 6) is 0.702. The minimum Gasteiger partial charge on any atom is -0.496 e. The first kappa shape index (κ1) is 16.3. The summed E-state index contributed by atoms with van der Waals surface area (Å²) in [4.78, 5) is 0.343. The fourth-order valence-corrected chi connectivity index (χ4v) is 4.72. The number of sulfonamides is 1. The van der Waals surface area contributed by atoms with E-state index in [1.807, 2.05) is 20.8 Å². The van der Waals surface area contributed by atoms with E-state index in [4.69, 9.17) is 9.47 Å². The largest absolute Gasteiger partial charge is 0.496 e. The van der Waals surface area contributed by atoms with Crippen LogP contribution in [0.15, 0.2) is 17.0 Å². The smallest absolute Gasteiger partial charge is 0.243 e. The van der Waals surface area contributed by atoms with Crippen LogP contribution in [0.1, 0.15) is 25.0 Å². The predicted molar refractivity (Wildman–Crippen MR) is 81.3 cm³/mol. The summed E-state index contributed by atoms with van der Waals surface area (Å²) in [6.07, 6.45) is 0. The van der Waals surface area contributed by atoms with Crippen LogP contribution in [0, 0.1) is 13.8 Å². The quantitative estimate of drug-likeness (QED) is 0.857. The molecule has 1 heterocycles. The third-order valence-electron chi connectivity index (χ3n) is 3.83. The van der Waals surface area contributed by atoms with Gasteiger partial charge in [-0.25, -0.2) is 8.42 Å². The Morgan fingerprint density at radius 1 is 1.24 bits per heavy atom. The van der Waals surface area contributed by atoms with Crippen molar-refractivity contribution in [1.82, 2.24) is 4.31 Å². The normalized spacial score (nSPS) is 19.5. The van der Waals surface area contributed by atoms with E-state index >= 15 is 0 Å². The minimum absolute atomic E-state index is 0.343. The number of hydrogen-bond donors (Lipinski definition) is 0. The van der Waals surface area contributed by atoms with E-state index in [1.54, 1.807) is 26.2 Å². The Kier molecular flexibility index (Phi) is 4.33. The van der Waals surface area contributed by atoms with Crippen LogP contribution in [0.25, 0.3) is 0 Å². The predicted octanol–water partition coefficient (Wildman–Crippen LogP) is 2.11. The maximum atomic E-state index is 13.0. The van der Waals surface area contributed by atoms with E-state index in [0.29, 0.717) is 36.0 Å². The molecule has 2 rings (SSSR count). The average Bonchev–Trinajstić information content (AvgIpc) is 2.39. The molecule has 0 spiro atoms. The molecule has 118 valence electrons. The van der Waals surface area contributed by atoms with Crippen LogP contribution in [0.3, 0.4) is 0 Å². The van der Waals surface area contributed by atoms with Crippen molar-refractivity contribution in [1.29, 1.82) is 0 Å². The highest BCUT2D eigenvalue weighted by Crippen LogP contribution is 2.32. The molecule has 0 N–H and O–H groups in total. The van der Waals surface area contributed by atoms with Crippen molar-refractivity contribution in [3.05, 3.63) is 23.3 Å². The third kappa shape index (κ3) is 2.93. The van der Waals surface area contributed by atoms with Crippen LogP contribution in [-0.2, 0) is 14.8 Å². The molecule has 1 saturated heterocycles. The average molecular weight is 313 g/mol. The lowest BCUT2D eigenvalue weighted by atomic mass is 10.1. The molecule has 1 aromatic carbocycles. The lowest BCUT2D eigenvalue weighted by molar-refractivity contribution is -0.00772. The summed E-state index contributed by atoms with van der Waals surface area (Å²) < 4.78 is 38.2. The van der Waals surface area contributed by atoms with Crippen LogP contribution in [0.5, 0.6) is 5.75 Å². The van der Waals surface area contributed by atoms with Gasteiger partial charge in [0, 0.05) is 6.54 Å². The zero-order chi connectivity index (χ0) is 15.8. The van der Waals surface area contributed by atoms with Gasteiger partial charge in [0.2, 0.25) is 10.0 Å². The third-order valence-corrected chi connectivity index (χ3v) is 6.08. The van der Waals surface area contributed by atoms with Gasteiger partial charge in [-0.3, -0.25) is 0 Å². The van der Waals surface area contributed by atoms with Crippen LogP contribution in [0.4, 0.5) is 0 Å². The first-order valence-electron chi connectivity index (χ1n) is 6.96. The zero-order valence-corrected chi connectivity index (χ0v) is 14.1. The fourth-order valence-electron chi connectivity index (χ4n) is 2.67. The number of methoxy groups -OCH3 is 1. The molecule has 0 aromatic heterocycles. The summed E-state index contributed by atoms with van der Waals surface area (Å²) in [5.41, 5.74) is 0.963. The highest BCUT2D eigenvalue weighted by Gasteiger charge is 2.40. The highest BCUT2D eigenvalue weighted by molar-refractivity contribution is 7.89. The molecule has 0 atom stereocenters. The van der Waals surface area contributed by atoms with Crippen LogP contribution in [0.2, 0.25) is 0 Å². The molecule has 1 aliphatic rings. The maximum absolute atomic E-state index is 13.0. The molecule has 1 aliphatic heterocycles. The molecule has 1 fully saturated rings. The molecule has 0 saturated carbocycles. The Bertz CT molecular complexity index is 637. The summed E-state index contributed by atoms with van der Waals surface area (Å²) in [6.45, 7) is 8.62. The Hall–Kier alpha value is -1.11. The van der Waals surface area contributed by atoms with Crippen molar-refractivity contribution < 1.29 is 17.9 Å². The number of ether oxygens (including phenoxy) is 2. The maximum Gasteiger partial charge on any atom is 0.243 e. The number of rotatable bonds is 3. The number of nitrogens with zero attached hydrogens (tertiary/aromatic N) is 1. The molecular weight excluding hydrogens is 290 g/mol. The van der Waals surface area contributed by atoms with Crippen LogP contribution in [-0.4, -0.2) is 45.1 Å². The Morgan fingerprint density at radius 2 is 1.90 bits per heavy atom. The second-order valence-corrected chi connectivity index (χ2v) is 7.86. The number of hydrogen-bond acceptors (Lipinski definition) is 4. The first-order valence-corrected chi connectivity index (χ1v) is 8.40. The summed E-state index contributed by atoms with van der Waals surface area (Å²) in [7, 11) is -1.97. The minimum atomic E-state index is -3.55. The van der Waals surface area contributed by atoms with Crippen LogP contribution < -0.4 is 4.74 Å². The van der Waals surface area contributed by atoms with Crippen molar-refractivity contribution in [3.8, 4) is 5.75 Å². The van der Waals surface area contributed by atoms with Gasteiger partial charge in [-0.1, -0.05) is 0 Å². The van der Waals surface area contributed by atoms with Crippen molar-refractivity contribution in [2.45, 2.75) is 38.1 Å². The number of benzene rings is 1. The summed E-state index contributed by atoms with van der Waals surface area (Å²) in [6, 6.07) is 3.46. The van der Waals surface area contributed by atoms with Crippen molar-refractivity contribution >= 4 is 10.0 Å². The van der Waals surface area contributed by atoms with E-state index in [0.717, 1.165) is 5.56 Å². The van der Waals surface area contributed by atoms with Gasteiger partial charge < -0.3 is 9.47 Å². The van der Waals surface area contributed by atoms with E-state index in [1.165, 1.54) is 4.31 Å². The Labute approximate surface area is 126 Å². The SMILES string of the molecule is COc1cc(C)c(S(=O)(=O)N2CCOCC2(C)C)cc1C. The number of morpholine rings is 1. The highest BCUT2D eigenvalue weighted by atomic mass is 32.2. The van der Waals surface area contributed by atoms with E-state index in [2.05, 4.69) is 0 Å². The summed E-state index contributed by atoms with van der Waals surface area (Å²) >= 11 is 0. The van der Waals surface area contributed by atoms with Gasteiger partial charge in [-0.15, -0.1) is 0 Å². The van der Waals surface area contributed by atoms with E-state index in [9.17, 15) is 8.42 Å². The van der Waals surface area contributed by atoms with Gasteiger partial charge in [-0.05, 0) is 51.0 Å². The molecule has 1 aromatic rings. The molecule has 5 nitrogen and oxygen atoms in total. The zero-order valence-electron chi connectivity index (χ0n) is 13.3. The molecular formula is C15H23NO4S. The summed E-state index contributed by atoms with van der Waals surface area (Å²) in [5, 5.41) is 0. The molecule has 0 unspecified atom stereocenters. The van der Waals surface area contributed by atoms with Gasteiger partial charge in [0.05, 0.1) is 30.8 Å². The van der Waals surface area contributed by atoms with Crippen molar-refractivity contribution in [3.63, 3.8) is 0 Å². The lowest BCUT2D eigenvalue weighted by Crippen LogP contribution is -2.55.